The number of ether oxygens (including phenoxy) is 1. The first kappa shape index (κ1) is 15.8. The molecule has 1 saturated heterocycles. The lowest BCUT2D eigenvalue weighted by Crippen LogP contribution is -2.20. The van der Waals surface area contributed by atoms with Crippen molar-refractivity contribution in [1.82, 2.24) is 14.8 Å². The maximum Gasteiger partial charge on any atom is 0.266 e. The zero-order valence-corrected chi connectivity index (χ0v) is 13.2. The highest BCUT2D eigenvalue weighted by Gasteiger charge is 2.15. The Morgan fingerprint density at radius 1 is 1.48 bits per heavy atom. The zero-order chi connectivity index (χ0) is 16.2. The highest BCUT2D eigenvalue weighted by Crippen LogP contribution is 2.17. The van der Waals surface area contributed by atoms with Crippen LogP contribution in [-0.2, 0) is 11.3 Å². The van der Waals surface area contributed by atoms with E-state index < -0.39 is 5.56 Å². The molecule has 0 radical (unpaired) electrons. The molecule has 0 unspecified atom stereocenters. The van der Waals surface area contributed by atoms with E-state index >= 15 is 0 Å². The number of H-pyrrole nitrogens is 1. The number of nitrogens with one attached hydrogen (secondary N) is 2. The molecular weight excluding hydrogens is 320 g/mol. The molecule has 1 aliphatic rings. The van der Waals surface area contributed by atoms with E-state index in [1.165, 1.54) is 12.3 Å². The minimum absolute atomic E-state index is 0.0205. The minimum atomic E-state index is -0.424. The number of anilines is 1. The van der Waals surface area contributed by atoms with Gasteiger partial charge in [0.1, 0.15) is 5.02 Å². The first-order valence-corrected chi connectivity index (χ1v) is 7.79. The van der Waals surface area contributed by atoms with Crippen molar-refractivity contribution in [2.75, 3.05) is 18.5 Å². The molecular formula is C15H17ClN4O3. The number of hydrogen-bond donors (Lipinski definition) is 2. The fraction of sp³-hybridized carbons (Fsp3) is 0.400. The van der Waals surface area contributed by atoms with E-state index in [2.05, 4.69) is 15.4 Å². The van der Waals surface area contributed by atoms with E-state index in [9.17, 15) is 9.59 Å². The van der Waals surface area contributed by atoms with E-state index in [-0.39, 0.29) is 16.5 Å². The third kappa shape index (κ3) is 4.00. The van der Waals surface area contributed by atoms with Crippen LogP contribution in [0.4, 0.5) is 5.69 Å². The van der Waals surface area contributed by atoms with Gasteiger partial charge in [-0.05, 0) is 24.8 Å². The van der Waals surface area contributed by atoms with Crippen LogP contribution in [0.1, 0.15) is 23.2 Å². The summed E-state index contributed by atoms with van der Waals surface area (Å²) in [5.41, 5.74) is 0.462. The third-order valence-electron chi connectivity index (χ3n) is 3.80. The predicted octanol–water partition coefficient (Wildman–Crippen LogP) is 1.90. The monoisotopic (exact) mass is 336 g/mol. The van der Waals surface area contributed by atoms with Gasteiger partial charge in [0.2, 0.25) is 0 Å². The molecule has 8 heteroatoms. The van der Waals surface area contributed by atoms with E-state index in [0.717, 1.165) is 32.6 Å². The third-order valence-corrected chi connectivity index (χ3v) is 4.08. The molecule has 0 bridgehead atoms. The van der Waals surface area contributed by atoms with Gasteiger partial charge in [-0.3, -0.25) is 14.3 Å². The second-order valence-corrected chi connectivity index (χ2v) is 5.93. The standard InChI is InChI=1S/C15H17ClN4O3/c16-13-5-11(6-17-15(13)22)14(21)19-12-7-18-20(9-12)8-10-1-3-23-4-2-10/h5-7,9-10H,1-4,8H2,(H,17,22)(H,19,21). The Morgan fingerprint density at radius 2 is 2.26 bits per heavy atom. The van der Waals surface area contributed by atoms with E-state index in [0.29, 0.717) is 11.6 Å². The van der Waals surface area contributed by atoms with Crippen molar-refractivity contribution in [3.05, 3.63) is 45.6 Å². The van der Waals surface area contributed by atoms with Crippen LogP contribution in [0.25, 0.3) is 0 Å². The Morgan fingerprint density at radius 3 is 3.00 bits per heavy atom. The topological polar surface area (TPSA) is 89.0 Å². The summed E-state index contributed by atoms with van der Waals surface area (Å²) in [6, 6.07) is 1.34. The Bertz CT molecular complexity index is 749. The molecule has 0 spiro atoms. The van der Waals surface area contributed by atoms with Crippen LogP contribution >= 0.6 is 11.6 Å². The van der Waals surface area contributed by atoms with Crippen LogP contribution < -0.4 is 10.9 Å². The first-order chi connectivity index (χ1) is 11.1. The molecule has 0 aromatic carbocycles. The summed E-state index contributed by atoms with van der Waals surface area (Å²) in [5.74, 6) is 0.193. The van der Waals surface area contributed by atoms with Gasteiger partial charge in [-0.25, -0.2) is 0 Å². The number of pyridine rings is 1. The van der Waals surface area contributed by atoms with E-state index in [4.69, 9.17) is 16.3 Å². The average molecular weight is 337 g/mol. The summed E-state index contributed by atoms with van der Waals surface area (Å²) in [6.07, 6.45) is 6.77. The molecule has 2 aromatic heterocycles. The molecule has 3 heterocycles. The molecule has 2 aromatic rings. The SMILES string of the molecule is O=C(Nc1cnn(CC2CCOCC2)c1)c1c[nH]c(=O)c(Cl)c1. The van der Waals surface area contributed by atoms with Gasteiger partial charge in [0, 0.05) is 32.2 Å². The molecule has 3 rings (SSSR count). The summed E-state index contributed by atoms with van der Waals surface area (Å²) >= 11 is 5.72. The quantitative estimate of drug-likeness (QED) is 0.892. The number of rotatable bonds is 4. The van der Waals surface area contributed by atoms with Crippen molar-refractivity contribution < 1.29 is 9.53 Å². The molecule has 122 valence electrons. The van der Waals surface area contributed by atoms with Gasteiger partial charge < -0.3 is 15.0 Å². The van der Waals surface area contributed by atoms with Crippen molar-refractivity contribution >= 4 is 23.2 Å². The summed E-state index contributed by atoms with van der Waals surface area (Å²) in [6.45, 7) is 2.40. The summed E-state index contributed by atoms with van der Waals surface area (Å²) in [7, 11) is 0. The van der Waals surface area contributed by atoms with Crippen LogP contribution in [0.3, 0.4) is 0 Å². The van der Waals surface area contributed by atoms with Crippen LogP contribution in [0.2, 0.25) is 5.02 Å². The first-order valence-electron chi connectivity index (χ1n) is 7.41. The lowest BCUT2D eigenvalue weighted by atomic mass is 10.0. The van der Waals surface area contributed by atoms with Crippen LogP contribution in [0, 0.1) is 5.92 Å². The number of aromatic amines is 1. The van der Waals surface area contributed by atoms with Crippen molar-refractivity contribution in [2.45, 2.75) is 19.4 Å². The molecule has 1 amide bonds. The van der Waals surface area contributed by atoms with E-state index in [1.807, 2.05) is 4.68 Å². The molecule has 23 heavy (non-hydrogen) atoms. The highest BCUT2D eigenvalue weighted by molar-refractivity contribution is 6.30. The molecule has 1 aliphatic heterocycles. The fourth-order valence-corrected chi connectivity index (χ4v) is 2.68. The van der Waals surface area contributed by atoms with Gasteiger partial charge >= 0.3 is 0 Å². The summed E-state index contributed by atoms with van der Waals surface area (Å²) in [4.78, 5) is 25.7. The fourth-order valence-electron chi connectivity index (χ4n) is 2.51. The Kier molecular flexibility index (Phi) is 4.78. The van der Waals surface area contributed by atoms with Crippen LogP contribution in [0.5, 0.6) is 0 Å². The number of carbonyl (C=O) groups is 1. The molecule has 7 nitrogen and oxygen atoms in total. The molecule has 1 fully saturated rings. The lowest BCUT2D eigenvalue weighted by Gasteiger charge is -2.21. The summed E-state index contributed by atoms with van der Waals surface area (Å²) < 4.78 is 7.16. The maximum atomic E-state index is 12.1. The zero-order valence-electron chi connectivity index (χ0n) is 12.4. The van der Waals surface area contributed by atoms with Gasteiger partial charge in [-0.1, -0.05) is 11.6 Å². The van der Waals surface area contributed by atoms with Gasteiger partial charge in [0.25, 0.3) is 11.5 Å². The van der Waals surface area contributed by atoms with Crippen LogP contribution in [0.15, 0.2) is 29.5 Å². The van der Waals surface area contributed by atoms with Crippen molar-refractivity contribution in [3.8, 4) is 0 Å². The van der Waals surface area contributed by atoms with Gasteiger partial charge in [-0.2, -0.15) is 5.10 Å². The highest BCUT2D eigenvalue weighted by atomic mass is 35.5. The van der Waals surface area contributed by atoms with Gasteiger partial charge in [-0.15, -0.1) is 0 Å². The number of nitrogens with zero attached hydrogens (tertiary/aromatic N) is 2. The molecule has 0 atom stereocenters. The van der Waals surface area contributed by atoms with Gasteiger partial charge in [0.15, 0.2) is 0 Å². The van der Waals surface area contributed by atoms with Crippen LogP contribution in [-0.4, -0.2) is 33.9 Å². The normalized spacial score (nSPS) is 15.5. The number of amides is 1. The molecule has 2 N–H and O–H groups in total. The maximum absolute atomic E-state index is 12.1. The minimum Gasteiger partial charge on any atom is -0.381 e. The van der Waals surface area contributed by atoms with E-state index in [1.54, 1.807) is 12.4 Å². The second-order valence-electron chi connectivity index (χ2n) is 5.53. The Balaban J connectivity index is 1.62. The Hall–Kier alpha value is -2.12. The predicted molar refractivity (Wildman–Crippen MR) is 85.8 cm³/mol. The Labute approximate surface area is 137 Å². The second kappa shape index (κ2) is 6.97. The number of aromatic nitrogens is 3. The lowest BCUT2D eigenvalue weighted by molar-refractivity contribution is 0.0601. The number of hydrogen-bond acceptors (Lipinski definition) is 4. The largest absolute Gasteiger partial charge is 0.381 e. The average Bonchev–Trinajstić information content (AvgIpc) is 2.98. The smallest absolute Gasteiger partial charge is 0.266 e. The molecule has 0 saturated carbocycles. The number of carbonyl (C=O) groups excluding carboxylic acids is 1. The summed E-state index contributed by atoms with van der Waals surface area (Å²) in [5, 5.41) is 6.98. The van der Waals surface area contributed by atoms with Crippen molar-refractivity contribution in [2.24, 2.45) is 5.92 Å². The molecule has 0 aliphatic carbocycles. The van der Waals surface area contributed by atoms with Gasteiger partial charge in [0.05, 0.1) is 17.4 Å². The van der Waals surface area contributed by atoms with Crippen molar-refractivity contribution in [3.63, 3.8) is 0 Å². The van der Waals surface area contributed by atoms with Crippen molar-refractivity contribution in [1.29, 1.82) is 0 Å². The number of halogens is 1.